The first-order valence-electron chi connectivity index (χ1n) is 7.35. The summed E-state index contributed by atoms with van der Waals surface area (Å²) in [6, 6.07) is 9.16. The lowest BCUT2D eigenvalue weighted by Gasteiger charge is -2.33. The maximum absolute atomic E-state index is 12.3. The van der Waals surface area contributed by atoms with Crippen LogP contribution in [0.2, 0.25) is 5.02 Å². The van der Waals surface area contributed by atoms with E-state index in [9.17, 15) is 4.79 Å². The molecule has 1 aliphatic heterocycles. The fourth-order valence-electron chi connectivity index (χ4n) is 2.77. The molecule has 9 heteroatoms. The predicted molar refractivity (Wildman–Crippen MR) is 98.0 cm³/mol. The van der Waals surface area contributed by atoms with Crippen LogP contribution in [-0.2, 0) is 33.9 Å². The third-order valence-electron chi connectivity index (χ3n) is 3.83. The number of carbonyl (C=O) groups excluding carboxylic acids is 1. The van der Waals surface area contributed by atoms with E-state index in [-0.39, 0.29) is 5.97 Å². The van der Waals surface area contributed by atoms with Crippen LogP contribution < -0.4 is 0 Å². The van der Waals surface area contributed by atoms with Crippen LogP contribution in [0, 0.1) is 0 Å². The normalized spacial score (nSPS) is 15.1. The van der Waals surface area contributed by atoms with Crippen LogP contribution >= 0.6 is 22.9 Å². The van der Waals surface area contributed by atoms with E-state index in [1.165, 1.54) is 17.6 Å². The molecule has 2 heterocycles. The number of nitrogens with zero attached hydrogens (tertiary/aromatic N) is 1. The molecule has 0 spiro atoms. The molecule has 1 aliphatic rings. The van der Waals surface area contributed by atoms with E-state index in [0.29, 0.717) is 5.02 Å². The first kappa shape index (κ1) is 20.0. The third-order valence-corrected chi connectivity index (χ3v) is 5.19. The standard InChI is InChI=1S/C16H16ClNO2S.H2O3S/c1-20-16(19)15(12-4-2-3-5-13(12)17)18-8-6-14-11(10-18)7-9-21-14;1-4(2)3/h2-5,7,9,15H,6,8,10H2,1H3;(H2,1,2,3)/t15-;/m0./s1. The third kappa shape index (κ3) is 5.34. The number of methoxy groups -OCH3 is 1. The minimum Gasteiger partial charge on any atom is -0.468 e. The minimum absolute atomic E-state index is 0.262. The van der Waals surface area contributed by atoms with Crippen LogP contribution in [0.15, 0.2) is 35.7 Å². The van der Waals surface area contributed by atoms with Crippen molar-refractivity contribution in [1.82, 2.24) is 4.90 Å². The van der Waals surface area contributed by atoms with Crippen molar-refractivity contribution in [2.24, 2.45) is 0 Å². The Hall–Kier alpha value is -1.29. The molecule has 0 bridgehead atoms. The van der Waals surface area contributed by atoms with Gasteiger partial charge < -0.3 is 4.74 Å². The fourth-order valence-corrected chi connectivity index (χ4v) is 3.90. The lowest BCUT2D eigenvalue weighted by Crippen LogP contribution is -2.38. The lowest BCUT2D eigenvalue weighted by atomic mass is 10.0. The Labute approximate surface area is 157 Å². The van der Waals surface area contributed by atoms with Crippen molar-refractivity contribution in [3.05, 3.63) is 56.7 Å². The van der Waals surface area contributed by atoms with E-state index in [0.717, 1.165) is 25.1 Å². The fraction of sp³-hybridized carbons (Fsp3) is 0.312. The number of ether oxygens (including phenoxy) is 1. The molecular weight excluding hydrogens is 386 g/mol. The van der Waals surface area contributed by atoms with Crippen molar-refractivity contribution in [2.75, 3.05) is 13.7 Å². The van der Waals surface area contributed by atoms with E-state index in [1.54, 1.807) is 11.3 Å². The average molecular weight is 404 g/mol. The second kappa shape index (κ2) is 9.42. The van der Waals surface area contributed by atoms with Crippen LogP contribution in [0.5, 0.6) is 0 Å². The highest BCUT2D eigenvalue weighted by atomic mass is 35.5. The Morgan fingerprint density at radius 1 is 1.36 bits per heavy atom. The van der Waals surface area contributed by atoms with Gasteiger partial charge in [0.05, 0.1) is 7.11 Å². The molecule has 0 fully saturated rings. The van der Waals surface area contributed by atoms with Crippen LogP contribution in [0.25, 0.3) is 0 Å². The van der Waals surface area contributed by atoms with Gasteiger partial charge in [0.25, 0.3) is 11.4 Å². The molecular formula is C16H18ClNO5S2. The summed E-state index contributed by atoms with van der Waals surface area (Å²) in [4.78, 5) is 15.8. The quantitative estimate of drug-likeness (QED) is 0.603. The van der Waals surface area contributed by atoms with Crippen LogP contribution in [-0.4, -0.2) is 37.8 Å². The molecule has 6 nitrogen and oxygen atoms in total. The van der Waals surface area contributed by atoms with Crippen molar-refractivity contribution in [3.63, 3.8) is 0 Å². The number of rotatable bonds is 3. The number of hydrogen-bond acceptors (Lipinski definition) is 5. The molecule has 0 saturated heterocycles. The second-order valence-electron chi connectivity index (χ2n) is 5.27. The second-order valence-corrected chi connectivity index (χ2v) is 7.14. The van der Waals surface area contributed by atoms with Gasteiger partial charge in [-0.1, -0.05) is 29.8 Å². The van der Waals surface area contributed by atoms with Crippen molar-refractivity contribution in [3.8, 4) is 0 Å². The summed E-state index contributed by atoms with van der Waals surface area (Å²) in [5, 5.41) is 2.71. The molecule has 1 aromatic heterocycles. The SMILES string of the molecule is COC(=O)[C@H](c1ccccc1Cl)N1CCc2sccc2C1.O=S(O)O. The Morgan fingerprint density at radius 2 is 2.04 bits per heavy atom. The maximum Gasteiger partial charge on any atom is 0.327 e. The first-order valence-corrected chi connectivity index (χ1v) is 9.67. The van der Waals surface area contributed by atoms with E-state index in [4.69, 9.17) is 29.7 Å². The van der Waals surface area contributed by atoms with E-state index >= 15 is 0 Å². The van der Waals surface area contributed by atoms with Crippen LogP contribution in [0.3, 0.4) is 0 Å². The Balaban J connectivity index is 0.000000511. The zero-order valence-electron chi connectivity index (χ0n) is 13.4. The van der Waals surface area contributed by atoms with Gasteiger partial charge in [0.2, 0.25) is 0 Å². The van der Waals surface area contributed by atoms with Gasteiger partial charge in [0.15, 0.2) is 0 Å². The van der Waals surface area contributed by atoms with Gasteiger partial charge in [-0.3, -0.25) is 14.0 Å². The maximum atomic E-state index is 12.3. The number of carbonyl (C=O) groups is 1. The van der Waals surface area contributed by atoms with Crippen LogP contribution in [0.4, 0.5) is 0 Å². The molecule has 136 valence electrons. The van der Waals surface area contributed by atoms with Gasteiger partial charge >= 0.3 is 5.97 Å². The number of benzene rings is 1. The zero-order chi connectivity index (χ0) is 18.4. The number of fused-ring (bicyclic) bond motifs is 1. The van der Waals surface area contributed by atoms with Crippen molar-refractivity contribution in [1.29, 1.82) is 0 Å². The van der Waals surface area contributed by atoms with Crippen molar-refractivity contribution in [2.45, 2.75) is 19.0 Å². The molecule has 0 radical (unpaired) electrons. The molecule has 1 atom stereocenters. The molecule has 1 aromatic carbocycles. The summed E-state index contributed by atoms with van der Waals surface area (Å²) in [7, 11) is 1.42. The molecule has 25 heavy (non-hydrogen) atoms. The smallest absolute Gasteiger partial charge is 0.327 e. The molecule has 2 N–H and O–H groups in total. The largest absolute Gasteiger partial charge is 0.468 e. The van der Waals surface area contributed by atoms with Gasteiger partial charge in [-0.05, 0) is 35.1 Å². The summed E-state index contributed by atoms with van der Waals surface area (Å²) in [5.41, 5.74) is 2.11. The van der Waals surface area contributed by atoms with Crippen LogP contribution in [0.1, 0.15) is 22.0 Å². The first-order chi connectivity index (χ1) is 11.9. The molecule has 0 unspecified atom stereocenters. The molecule has 0 amide bonds. The number of esters is 1. The number of hydrogen-bond donors (Lipinski definition) is 2. The van der Waals surface area contributed by atoms with Crippen molar-refractivity contribution >= 4 is 40.3 Å². The number of thiophene rings is 1. The highest BCUT2D eigenvalue weighted by Crippen LogP contribution is 2.33. The molecule has 3 rings (SSSR count). The highest BCUT2D eigenvalue weighted by molar-refractivity contribution is 7.73. The average Bonchev–Trinajstić information content (AvgIpc) is 3.04. The Bertz CT molecular complexity index is 748. The topological polar surface area (TPSA) is 87.1 Å². The summed E-state index contributed by atoms with van der Waals surface area (Å²) >= 11 is 5.46. The molecule has 0 saturated carbocycles. The summed E-state index contributed by atoms with van der Waals surface area (Å²) in [6.07, 6.45) is 0.963. The Kier molecular flexibility index (Phi) is 7.55. The molecule has 2 aromatic rings. The minimum atomic E-state index is -2.61. The van der Waals surface area contributed by atoms with E-state index < -0.39 is 17.4 Å². The monoisotopic (exact) mass is 403 g/mol. The van der Waals surface area contributed by atoms with E-state index in [2.05, 4.69) is 16.3 Å². The van der Waals surface area contributed by atoms with E-state index in [1.807, 2.05) is 24.3 Å². The van der Waals surface area contributed by atoms with Gasteiger partial charge in [-0.25, -0.2) is 4.79 Å². The van der Waals surface area contributed by atoms with Crippen molar-refractivity contribution < 1.29 is 22.8 Å². The summed E-state index contributed by atoms with van der Waals surface area (Å²) in [5.74, 6) is -0.262. The van der Waals surface area contributed by atoms with Gasteiger partial charge in [-0.2, -0.15) is 4.21 Å². The summed E-state index contributed by atoms with van der Waals surface area (Å²) in [6.45, 7) is 1.59. The zero-order valence-corrected chi connectivity index (χ0v) is 15.8. The highest BCUT2D eigenvalue weighted by Gasteiger charge is 2.32. The molecule has 0 aliphatic carbocycles. The summed E-state index contributed by atoms with van der Waals surface area (Å²) < 4.78 is 27.8. The van der Waals surface area contributed by atoms with Gasteiger partial charge in [0, 0.05) is 23.0 Å². The number of halogens is 1. The van der Waals surface area contributed by atoms with Gasteiger partial charge in [0.1, 0.15) is 6.04 Å². The lowest BCUT2D eigenvalue weighted by molar-refractivity contribution is -0.147. The van der Waals surface area contributed by atoms with Gasteiger partial charge in [-0.15, -0.1) is 11.3 Å². The Morgan fingerprint density at radius 3 is 2.68 bits per heavy atom. The predicted octanol–water partition coefficient (Wildman–Crippen LogP) is 3.36.